The Morgan fingerprint density at radius 1 is 0.829 bits per heavy atom. The van der Waals surface area contributed by atoms with Crippen molar-refractivity contribution in [3.63, 3.8) is 0 Å². The van der Waals surface area contributed by atoms with Crippen LogP contribution in [-0.2, 0) is 9.59 Å². The molecule has 1 aliphatic heterocycles. The second-order valence-corrected chi connectivity index (χ2v) is 11.4. The monoisotopic (exact) mass is 474 g/mol. The van der Waals surface area contributed by atoms with E-state index in [-0.39, 0.29) is 5.41 Å². The number of hydrogen-bond acceptors (Lipinski definition) is 4. The lowest BCUT2D eigenvalue weighted by molar-refractivity contribution is -0.160. The Morgan fingerprint density at radius 2 is 1.37 bits per heavy atom. The summed E-state index contributed by atoms with van der Waals surface area (Å²) in [5.74, 6) is 1.50. The van der Waals surface area contributed by atoms with Crippen LogP contribution in [0.15, 0.2) is 30.3 Å². The summed E-state index contributed by atoms with van der Waals surface area (Å²) in [7, 11) is 0. The van der Waals surface area contributed by atoms with Gasteiger partial charge in [0, 0.05) is 26.2 Å². The number of carbonyl (C=O) groups is 3. The molecule has 0 unspecified atom stereocenters. The first-order chi connectivity index (χ1) is 16.8. The van der Waals surface area contributed by atoms with Gasteiger partial charge in [0.15, 0.2) is 0 Å². The highest BCUT2D eigenvalue weighted by molar-refractivity contribution is 6.43. The molecule has 7 nitrogen and oxygen atoms in total. The SMILES string of the molecule is Cc1nn(-c2ccccc2)c(C)c1C(=O)C(=O)N1CCN(C(=O)C23CC4CC(CC(C4)C2)C3)CC1. The molecule has 7 heteroatoms. The number of hydrogen-bond donors (Lipinski definition) is 0. The Bertz CT molecular complexity index is 1140. The molecule has 1 aromatic carbocycles. The van der Waals surface area contributed by atoms with E-state index in [2.05, 4.69) is 5.10 Å². The van der Waals surface area contributed by atoms with Crippen molar-refractivity contribution in [3.8, 4) is 5.69 Å². The van der Waals surface area contributed by atoms with Crippen LogP contribution in [0.5, 0.6) is 0 Å². The molecular formula is C28H34N4O3. The number of rotatable bonds is 4. The van der Waals surface area contributed by atoms with Crippen molar-refractivity contribution in [2.24, 2.45) is 23.2 Å². The van der Waals surface area contributed by atoms with Crippen molar-refractivity contribution in [1.82, 2.24) is 19.6 Å². The lowest BCUT2D eigenvalue weighted by Crippen LogP contribution is -2.59. The van der Waals surface area contributed by atoms with Gasteiger partial charge in [-0.15, -0.1) is 0 Å². The summed E-state index contributed by atoms with van der Waals surface area (Å²) >= 11 is 0. The Kier molecular flexibility index (Phi) is 5.35. The molecule has 2 heterocycles. The highest BCUT2D eigenvalue weighted by atomic mass is 16.2. The average molecular weight is 475 g/mol. The maximum atomic E-state index is 13.7. The summed E-state index contributed by atoms with van der Waals surface area (Å²) < 4.78 is 1.72. The Morgan fingerprint density at radius 3 is 1.94 bits per heavy atom. The van der Waals surface area contributed by atoms with Gasteiger partial charge < -0.3 is 9.80 Å². The third-order valence-electron chi connectivity index (χ3n) is 9.06. The van der Waals surface area contributed by atoms with Gasteiger partial charge in [-0.1, -0.05) is 18.2 Å². The zero-order valence-corrected chi connectivity index (χ0v) is 20.7. The fraction of sp³-hybridized carbons (Fsp3) is 0.571. The lowest BCUT2D eigenvalue weighted by Gasteiger charge is -2.57. The van der Waals surface area contributed by atoms with Crippen molar-refractivity contribution in [2.45, 2.75) is 52.4 Å². The quantitative estimate of drug-likeness (QED) is 0.502. The minimum Gasteiger partial charge on any atom is -0.339 e. The molecule has 184 valence electrons. The zero-order valence-electron chi connectivity index (χ0n) is 20.7. The minimum atomic E-state index is -0.511. The molecule has 1 aromatic heterocycles. The third-order valence-corrected chi connectivity index (χ3v) is 9.06. The number of aromatic nitrogens is 2. The Hall–Kier alpha value is -2.96. The summed E-state index contributed by atoms with van der Waals surface area (Å²) in [5.41, 5.74) is 2.31. The van der Waals surface area contributed by atoms with Gasteiger partial charge in [-0.25, -0.2) is 4.68 Å². The van der Waals surface area contributed by atoms with E-state index in [0.717, 1.165) is 42.7 Å². The number of amides is 2. The molecule has 4 aliphatic carbocycles. The van der Waals surface area contributed by atoms with Gasteiger partial charge >= 0.3 is 0 Å². The first-order valence-electron chi connectivity index (χ1n) is 13.1. The average Bonchev–Trinajstić information content (AvgIpc) is 3.16. The maximum Gasteiger partial charge on any atom is 0.295 e. The molecule has 4 bridgehead atoms. The maximum absolute atomic E-state index is 13.7. The molecule has 35 heavy (non-hydrogen) atoms. The highest BCUT2D eigenvalue weighted by Gasteiger charge is 2.55. The van der Waals surface area contributed by atoms with Gasteiger partial charge in [0.1, 0.15) is 0 Å². The number of para-hydroxylation sites is 1. The molecule has 7 rings (SSSR count). The number of benzene rings is 1. The van der Waals surface area contributed by atoms with E-state index in [1.54, 1.807) is 16.5 Å². The fourth-order valence-corrected chi connectivity index (χ4v) is 7.86. The number of aryl methyl sites for hydroxylation is 1. The standard InChI is InChI=1S/C28H34N4O3/c1-18-24(19(2)32(29-18)23-6-4-3-5-7-23)25(33)26(34)30-8-10-31(11-9-30)27(35)28-15-20-12-21(16-28)14-22(13-20)17-28/h3-7,20-22H,8-17H2,1-2H3. The van der Waals surface area contributed by atoms with Gasteiger partial charge in [0.05, 0.1) is 28.1 Å². The zero-order chi connectivity index (χ0) is 24.3. The van der Waals surface area contributed by atoms with E-state index < -0.39 is 11.7 Å². The normalized spacial score (nSPS) is 29.5. The van der Waals surface area contributed by atoms with Crippen LogP contribution in [0, 0.1) is 37.0 Å². The van der Waals surface area contributed by atoms with Crippen LogP contribution in [0.4, 0.5) is 0 Å². The van der Waals surface area contributed by atoms with E-state index in [4.69, 9.17) is 0 Å². The van der Waals surface area contributed by atoms with Crippen molar-refractivity contribution < 1.29 is 14.4 Å². The Labute approximate surface area is 206 Å². The van der Waals surface area contributed by atoms with Crippen molar-refractivity contribution >= 4 is 17.6 Å². The fourth-order valence-electron chi connectivity index (χ4n) is 7.86. The second-order valence-electron chi connectivity index (χ2n) is 11.4. The van der Waals surface area contributed by atoms with E-state index in [9.17, 15) is 14.4 Å². The number of carbonyl (C=O) groups excluding carboxylic acids is 3. The van der Waals surface area contributed by atoms with E-state index in [1.807, 2.05) is 42.2 Å². The van der Waals surface area contributed by atoms with Crippen molar-refractivity contribution in [2.75, 3.05) is 26.2 Å². The van der Waals surface area contributed by atoms with Crippen LogP contribution in [0.1, 0.15) is 60.3 Å². The molecule has 2 amide bonds. The minimum absolute atomic E-state index is 0.156. The van der Waals surface area contributed by atoms with Gasteiger partial charge in [0.25, 0.3) is 11.7 Å². The van der Waals surface area contributed by atoms with Gasteiger partial charge in [-0.3, -0.25) is 14.4 Å². The molecule has 4 saturated carbocycles. The molecule has 0 spiro atoms. The molecular weight excluding hydrogens is 440 g/mol. The third kappa shape index (κ3) is 3.71. The molecule has 5 aliphatic rings. The summed E-state index contributed by atoms with van der Waals surface area (Å²) in [5, 5.41) is 4.53. The smallest absolute Gasteiger partial charge is 0.295 e. The summed E-state index contributed by atoms with van der Waals surface area (Å²) in [4.78, 5) is 43.7. The van der Waals surface area contributed by atoms with Crippen LogP contribution in [0.25, 0.3) is 5.69 Å². The summed E-state index contributed by atoms with van der Waals surface area (Å²) in [6.07, 6.45) is 7.11. The lowest BCUT2D eigenvalue weighted by atomic mass is 9.49. The van der Waals surface area contributed by atoms with Gasteiger partial charge in [-0.2, -0.15) is 5.10 Å². The van der Waals surface area contributed by atoms with Crippen LogP contribution in [0.3, 0.4) is 0 Å². The Balaban J connectivity index is 1.13. The van der Waals surface area contributed by atoms with E-state index in [1.165, 1.54) is 19.3 Å². The van der Waals surface area contributed by atoms with Gasteiger partial charge in [-0.05, 0) is 82.3 Å². The first-order valence-corrected chi connectivity index (χ1v) is 13.1. The van der Waals surface area contributed by atoms with E-state index in [0.29, 0.717) is 49.0 Å². The van der Waals surface area contributed by atoms with E-state index >= 15 is 0 Å². The van der Waals surface area contributed by atoms with Crippen LogP contribution in [-0.4, -0.2) is 63.4 Å². The van der Waals surface area contributed by atoms with Crippen LogP contribution in [0.2, 0.25) is 0 Å². The number of piperazine rings is 1. The van der Waals surface area contributed by atoms with Crippen molar-refractivity contribution in [1.29, 1.82) is 0 Å². The largest absolute Gasteiger partial charge is 0.339 e. The predicted octanol–water partition coefficient (Wildman–Crippen LogP) is 3.56. The molecule has 0 radical (unpaired) electrons. The summed E-state index contributed by atoms with van der Waals surface area (Å²) in [6.45, 7) is 5.45. The molecule has 1 saturated heterocycles. The summed E-state index contributed by atoms with van der Waals surface area (Å²) in [6, 6.07) is 9.62. The number of ketones is 1. The van der Waals surface area contributed by atoms with Gasteiger partial charge in [0.2, 0.25) is 5.91 Å². The van der Waals surface area contributed by atoms with Crippen LogP contribution < -0.4 is 0 Å². The molecule has 5 fully saturated rings. The topological polar surface area (TPSA) is 75.5 Å². The second kappa shape index (κ2) is 8.32. The van der Waals surface area contributed by atoms with Crippen LogP contribution >= 0.6 is 0 Å². The number of Topliss-reactive ketones (excluding diaryl/α,β-unsaturated/α-hetero) is 1. The van der Waals surface area contributed by atoms with Crippen molar-refractivity contribution in [3.05, 3.63) is 47.3 Å². The molecule has 0 atom stereocenters. The molecule has 2 aromatic rings. The highest BCUT2D eigenvalue weighted by Crippen LogP contribution is 2.60. The first kappa shape index (κ1) is 22.5. The molecule has 0 N–H and O–H groups in total. The number of nitrogens with zero attached hydrogens (tertiary/aromatic N) is 4. The predicted molar refractivity (Wildman–Crippen MR) is 131 cm³/mol.